The monoisotopic (exact) mass is 371 g/mol. The van der Waals surface area contributed by atoms with Gasteiger partial charge in [-0.2, -0.15) is 0 Å². The number of likely N-dealkylation sites (tertiary alicyclic amines) is 1. The molecule has 3 rings (SSSR count). The third-order valence-corrected chi connectivity index (χ3v) is 5.15. The number of nitrogens with zero attached hydrogens (tertiary/aromatic N) is 2. The number of amides is 1. The van der Waals surface area contributed by atoms with E-state index in [1.54, 1.807) is 0 Å². The Labute approximate surface area is 151 Å². The first-order valence-corrected chi connectivity index (χ1v) is 8.62. The predicted molar refractivity (Wildman–Crippen MR) is 97.8 cm³/mol. The summed E-state index contributed by atoms with van der Waals surface area (Å²) in [5, 5.41) is 6.52. The van der Waals surface area contributed by atoms with Crippen LogP contribution < -0.4 is 5.32 Å². The lowest BCUT2D eigenvalue weighted by Gasteiger charge is -2.32. The second-order valence-corrected chi connectivity index (χ2v) is 6.66. The molecular formula is C16H19Cl2N3OS. The van der Waals surface area contributed by atoms with Gasteiger partial charge in [-0.05, 0) is 26.0 Å². The van der Waals surface area contributed by atoms with Crippen LogP contribution in [0.5, 0.6) is 0 Å². The number of aromatic nitrogens is 1. The van der Waals surface area contributed by atoms with Crippen LogP contribution in [-0.2, 0) is 0 Å². The van der Waals surface area contributed by atoms with Gasteiger partial charge in [0.25, 0.3) is 5.91 Å². The number of benzene rings is 1. The zero-order valence-electron chi connectivity index (χ0n) is 12.8. The number of thiazole rings is 1. The number of carbonyl (C=O) groups excluding carboxylic acids is 1. The lowest BCUT2D eigenvalue weighted by atomic mass is 10.1. The van der Waals surface area contributed by atoms with Crippen LogP contribution in [0.4, 0.5) is 0 Å². The van der Waals surface area contributed by atoms with Crippen LogP contribution in [0.2, 0.25) is 5.02 Å². The highest BCUT2D eigenvalue weighted by Crippen LogP contribution is 2.30. The topological polar surface area (TPSA) is 45.2 Å². The molecular weight excluding hydrogens is 353 g/mol. The van der Waals surface area contributed by atoms with Gasteiger partial charge in [-0.3, -0.25) is 4.79 Å². The van der Waals surface area contributed by atoms with Gasteiger partial charge in [0.05, 0.1) is 5.02 Å². The number of nitrogens with one attached hydrogen (secondary N) is 1. The van der Waals surface area contributed by atoms with Crippen molar-refractivity contribution in [3.8, 4) is 10.6 Å². The van der Waals surface area contributed by atoms with Crippen molar-refractivity contribution in [2.75, 3.05) is 20.1 Å². The quantitative estimate of drug-likeness (QED) is 0.894. The smallest absolute Gasteiger partial charge is 0.273 e. The van der Waals surface area contributed by atoms with Crippen LogP contribution in [0.15, 0.2) is 29.6 Å². The molecule has 0 radical (unpaired) electrons. The summed E-state index contributed by atoms with van der Waals surface area (Å²) in [6.07, 6.45) is 2.14. The Hall–Kier alpha value is -1.14. The molecule has 1 atom stereocenters. The van der Waals surface area contributed by atoms with Crippen LogP contribution in [0.25, 0.3) is 10.6 Å². The van der Waals surface area contributed by atoms with Crippen molar-refractivity contribution in [3.63, 3.8) is 0 Å². The molecule has 124 valence electrons. The molecule has 0 aliphatic carbocycles. The van der Waals surface area contributed by atoms with Crippen molar-refractivity contribution in [2.24, 2.45) is 0 Å². The first kappa shape index (κ1) is 18.2. The Morgan fingerprint density at radius 2 is 2.22 bits per heavy atom. The zero-order chi connectivity index (χ0) is 15.5. The molecule has 1 amide bonds. The van der Waals surface area contributed by atoms with Crippen LogP contribution >= 0.6 is 35.3 Å². The van der Waals surface area contributed by atoms with Crippen molar-refractivity contribution < 1.29 is 4.79 Å². The Bertz CT molecular complexity index is 677. The molecule has 1 N–H and O–H groups in total. The highest BCUT2D eigenvalue weighted by molar-refractivity contribution is 7.13. The number of carbonyl (C=O) groups is 1. The van der Waals surface area contributed by atoms with Crippen LogP contribution in [0.3, 0.4) is 0 Å². The van der Waals surface area contributed by atoms with Crippen molar-refractivity contribution in [2.45, 2.75) is 18.9 Å². The van der Waals surface area contributed by atoms with Gasteiger partial charge in [-0.1, -0.05) is 29.8 Å². The number of halogens is 2. The molecule has 4 nitrogen and oxygen atoms in total. The first-order valence-electron chi connectivity index (χ1n) is 7.36. The summed E-state index contributed by atoms with van der Waals surface area (Å²) in [6, 6.07) is 7.94. The molecule has 7 heteroatoms. The summed E-state index contributed by atoms with van der Waals surface area (Å²) < 4.78 is 0. The third-order valence-electron chi connectivity index (χ3n) is 3.94. The maximum absolute atomic E-state index is 12.6. The first-order chi connectivity index (χ1) is 10.7. The van der Waals surface area contributed by atoms with E-state index < -0.39 is 0 Å². The Balaban J connectivity index is 0.00000192. The highest BCUT2D eigenvalue weighted by Gasteiger charge is 2.25. The minimum absolute atomic E-state index is 0. The minimum Gasteiger partial charge on any atom is -0.336 e. The van der Waals surface area contributed by atoms with Gasteiger partial charge in [0, 0.05) is 30.1 Å². The number of hydrogen-bond donors (Lipinski definition) is 1. The summed E-state index contributed by atoms with van der Waals surface area (Å²) in [4.78, 5) is 19.0. The summed E-state index contributed by atoms with van der Waals surface area (Å²) in [6.45, 7) is 1.55. The highest BCUT2D eigenvalue weighted by atomic mass is 35.5. The van der Waals surface area contributed by atoms with E-state index >= 15 is 0 Å². The normalized spacial score (nSPS) is 17.7. The van der Waals surface area contributed by atoms with Crippen LogP contribution in [0, 0.1) is 0 Å². The van der Waals surface area contributed by atoms with Gasteiger partial charge in [0.15, 0.2) is 0 Å². The van der Waals surface area contributed by atoms with Gasteiger partial charge < -0.3 is 10.2 Å². The van der Waals surface area contributed by atoms with E-state index in [9.17, 15) is 4.79 Å². The molecule has 1 aliphatic heterocycles. The second-order valence-electron chi connectivity index (χ2n) is 5.40. The molecule has 0 spiro atoms. The van der Waals surface area contributed by atoms with E-state index in [1.165, 1.54) is 11.3 Å². The van der Waals surface area contributed by atoms with E-state index in [0.29, 0.717) is 16.8 Å². The lowest BCUT2D eigenvalue weighted by Crippen LogP contribution is -2.47. The van der Waals surface area contributed by atoms with Gasteiger partial charge in [0.1, 0.15) is 10.7 Å². The number of likely N-dealkylation sites (N-methyl/N-ethyl adjacent to an activating group) is 1. The fourth-order valence-electron chi connectivity index (χ4n) is 2.69. The van der Waals surface area contributed by atoms with Crippen molar-refractivity contribution in [3.05, 3.63) is 40.4 Å². The summed E-state index contributed by atoms with van der Waals surface area (Å²) >= 11 is 7.65. The average molecular weight is 372 g/mol. The van der Waals surface area contributed by atoms with E-state index in [0.717, 1.165) is 36.5 Å². The maximum Gasteiger partial charge on any atom is 0.273 e. The number of hydrogen-bond acceptors (Lipinski definition) is 4. The predicted octanol–water partition coefficient (Wildman–Crippen LogP) is 3.71. The third kappa shape index (κ3) is 4.04. The van der Waals surface area contributed by atoms with Gasteiger partial charge >= 0.3 is 0 Å². The molecule has 1 unspecified atom stereocenters. The molecule has 23 heavy (non-hydrogen) atoms. The van der Waals surface area contributed by atoms with Crippen molar-refractivity contribution in [1.82, 2.24) is 15.2 Å². The number of rotatable bonds is 3. The zero-order valence-corrected chi connectivity index (χ0v) is 15.2. The molecule has 0 saturated carbocycles. The summed E-state index contributed by atoms with van der Waals surface area (Å²) in [5.74, 6) is 0.00880. The van der Waals surface area contributed by atoms with E-state index in [2.05, 4.69) is 10.3 Å². The molecule has 1 aromatic carbocycles. The Kier molecular flexibility index (Phi) is 6.41. The largest absolute Gasteiger partial charge is 0.336 e. The summed E-state index contributed by atoms with van der Waals surface area (Å²) in [5.41, 5.74) is 1.39. The van der Waals surface area contributed by atoms with E-state index in [-0.39, 0.29) is 18.3 Å². The Morgan fingerprint density at radius 3 is 2.96 bits per heavy atom. The van der Waals surface area contributed by atoms with Gasteiger partial charge in [-0.15, -0.1) is 23.7 Å². The molecule has 0 bridgehead atoms. The SMILES string of the molecule is CNC1CCCN(C(=O)c2csc(-c3ccccc3Cl)n2)C1.Cl. The van der Waals surface area contributed by atoms with Gasteiger partial charge in [0.2, 0.25) is 0 Å². The standard InChI is InChI=1S/C16H18ClN3OS.ClH/c1-18-11-5-4-8-20(9-11)16(21)14-10-22-15(19-14)12-6-2-3-7-13(12)17;/h2-3,6-7,10-11,18H,4-5,8-9H2,1H3;1H. The molecule has 1 aliphatic rings. The average Bonchev–Trinajstić information content (AvgIpc) is 3.04. The van der Waals surface area contributed by atoms with Crippen molar-refractivity contribution in [1.29, 1.82) is 0 Å². The lowest BCUT2D eigenvalue weighted by molar-refractivity contribution is 0.0693. The fraction of sp³-hybridized carbons (Fsp3) is 0.375. The minimum atomic E-state index is 0. The fourth-order valence-corrected chi connectivity index (χ4v) is 3.80. The molecule has 1 saturated heterocycles. The van der Waals surface area contributed by atoms with Crippen LogP contribution in [0.1, 0.15) is 23.3 Å². The molecule has 2 heterocycles. The molecule has 1 fully saturated rings. The molecule has 2 aromatic rings. The van der Waals surface area contributed by atoms with E-state index in [4.69, 9.17) is 11.6 Å². The second kappa shape index (κ2) is 8.11. The summed E-state index contributed by atoms with van der Waals surface area (Å²) in [7, 11) is 1.94. The Morgan fingerprint density at radius 1 is 1.43 bits per heavy atom. The number of piperidine rings is 1. The van der Waals surface area contributed by atoms with Crippen molar-refractivity contribution >= 4 is 41.3 Å². The maximum atomic E-state index is 12.6. The van der Waals surface area contributed by atoms with Crippen LogP contribution in [-0.4, -0.2) is 42.0 Å². The van der Waals surface area contributed by atoms with Gasteiger partial charge in [-0.25, -0.2) is 4.98 Å². The molecule has 1 aromatic heterocycles. The van der Waals surface area contributed by atoms with E-state index in [1.807, 2.05) is 41.6 Å².